The highest BCUT2D eigenvalue weighted by molar-refractivity contribution is 5.32. The third-order valence-corrected chi connectivity index (χ3v) is 11.7. The molecule has 9 atom stereocenters. The van der Waals surface area contributed by atoms with E-state index in [1.807, 2.05) is 10.9 Å². The highest BCUT2D eigenvalue weighted by atomic mass is 16.3. The number of allylic oxidation sites excluding steroid dienone is 2. The first-order chi connectivity index (χ1) is 17.3. The third-order valence-electron chi connectivity index (χ3n) is 11.7. The van der Waals surface area contributed by atoms with Gasteiger partial charge in [0.05, 0.1) is 23.9 Å². The smallest absolute Gasteiger partial charge is 0.0848 e. The quantitative estimate of drug-likeness (QED) is 0.346. The fraction of sp³-hybridized carbons (Fsp3) is 0.727. The van der Waals surface area contributed by atoms with Gasteiger partial charge in [-0.05, 0) is 111 Å². The average Bonchev–Trinajstić information content (AvgIpc) is 3.32. The molecule has 0 spiro atoms. The van der Waals surface area contributed by atoms with Crippen LogP contribution in [-0.4, -0.2) is 20.5 Å². The molecule has 196 valence electrons. The number of hydrogen-bond donors (Lipinski definition) is 1. The second-order valence-corrected chi connectivity index (χ2v) is 13.4. The van der Waals surface area contributed by atoms with E-state index in [2.05, 4.69) is 56.9 Å². The number of aliphatic hydroxyl groups is 1. The largest absolute Gasteiger partial charge is 0.388 e. The summed E-state index contributed by atoms with van der Waals surface area (Å²) in [5, 5.41) is 16.5. The van der Waals surface area contributed by atoms with Crippen LogP contribution < -0.4 is 0 Å². The van der Waals surface area contributed by atoms with E-state index < -0.39 is 5.60 Å². The molecule has 0 amide bonds. The molecule has 1 heterocycles. The maximum Gasteiger partial charge on any atom is 0.0848 e. The fourth-order valence-electron chi connectivity index (χ4n) is 10.1. The van der Waals surface area contributed by atoms with E-state index in [-0.39, 0.29) is 5.41 Å². The van der Waals surface area contributed by atoms with Gasteiger partial charge in [0.2, 0.25) is 0 Å². The van der Waals surface area contributed by atoms with Crippen LogP contribution in [-0.2, 0) is 6.54 Å². The molecule has 0 bridgehead atoms. The van der Waals surface area contributed by atoms with Crippen LogP contribution in [0.5, 0.6) is 0 Å². The minimum atomic E-state index is -0.784. The molecule has 0 aliphatic heterocycles. The van der Waals surface area contributed by atoms with Crippen molar-refractivity contribution in [2.24, 2.45) is 46.3 Å². The van der Waals surface area contributed by atoms with Gasteiger partial charge in [-0.15, -0.1) is 6.58 Å². The lowest BCUT2D eigenvalue weighted by Gasteiger charge is -2.64. The van der Waals surface area contributed by atoms with Crippen molar-refractivity contribution in [3.63, 3.8) is 0 Å². The Morgan fingerprint density at radius 2 is 1.92 bits per heavy atom. The minimum Gasteiger partial charge on any atom is -0.388 e. The molecule has 4 aliphatic carbocycles. The van der Waals surface area contributed by atoms with Crippen molar-refractivity contribution in [2.75, 3.05) is 0 Å². The molecule has 4 saturated carbocycles. The summed E-state index contributed by atoms with van der Waals surface area (Å²) in [5.41, 5.74) is 0.689. The topological polar surface area (TPSA) is 38.0 Å². The Morgan fingerprint density at radius 1 is 1.14 bits per heavy atom. The summed E-state index contributed by atoms with van der Waals surface area (Å²) in [4.78, 5) is 0. The van der Waals surface area contributed by atoms with Crippen molar-refractivity contribution >= 4 is 0 Å². The summed E-state index contributed by atoms with van der Waals surface area (Å²) >= 11 is 0. The maximum atomic E-state index is 12.0. The summed E-state index contributed by atoms with van der Waals surface area (Å²) in [5.74, 6) is 10.4. The molecule has 4 fully saturated rings. The van der Waals surface area contributed by atoms with Gasteiger partial charge in [0.25, 0.3) is 0 Å². The highest BCUT2D eigenvalue weighted by Crippen LogP contribution is 2.67. The van der Waals surface area contributed by atoms with E-state index in [0.29, 0.717) is 17.9 Å². The summed E-state index contributed by atoms with van der Waals surface area (Å²) in [6.07, 6.45) is 22.3. The van der Waals surface area contributed by atoms with Crippen LogP contribution in [0.3, 0.4) is 0 Å². The van der Waals surface area contributed by atoms with E-state index in [0.717, 1.165) is 41.6 Å². The molecule has 5 rings (SSSR count). The zero-order valence-electron chi connectivity index (χ0n) is 23.0. The van der Waals surface area contributed by atoms with Crippen LogP contribution in [0.1, 0.15) is 97.0 Å². The van der Waals surface area contributed by atoms with Gasteiger partial charge < -0.3 is 5.11 Å². The van der Waals surface area contributed by atoms with Crippen LogP contribution in [0, 0.1) is 58.2 Å². The average molecular weight is 489 g/mol. The van der Waals surface area contributed by atoms with Crippen molar-refractivity contribution in [3.05, 3.63) is 43.3 Å². The molecule has 0 radical (unpaired) electrons. The first kappa shape index (κ1) is 25.8. The number of hydrogen-bond acceptors (Lipinski definition) is 2. The molecule has 4 aliphatic rings. The SMILES string of the molecule is C=CC#Cc1cnn(C[C@](C)(O)[C@H]2CCCC3[C@@H]4CC[C@]5(C=C)C[C@@H](CC)CC[C@@H]5C4CC[C@@]32C)c1. The molecule has 36 heavy (non-hydrogen) atoms. The van der Waals surface area contributed by atoms with Gasteiger partial charge in [0.1, 0.15) is 0 Å². The predicted octanol–water partition coefficient (Wildman–Crippen LogP) is 7.41. The molecule has 0 aromatic carbocycles. The van der Waals surface area contributed by atoms with Gasteiger partial charge in [0, 0.05) is 6.20 Å². The monoisotopic (exact) mass is 488 g/mol. The van der Waals surface area contributed by atoms with Crippen molar-refractivity contribution < 1.29 is 5.11 Å². The molecule has 3 heteroatoms. The molecular formula is C33H48N2O. The van der Waals surface area contributed by atoms with Crippen molar-refractivity contribution in [3.8, 4) is 11.8 Å². The summed E-state index contributed by atoms with van der Waals surface area (Å²) in [6.45, 7) is 15.6. The van der Waals surface area contributed by atoms with Gasteiger partial charge in [-0.2, -0.15) is 5.10 Å². The van der Waals surface area contributed by atoms with E-state index in [1.54, 1.807) is 12.3 Å². The first-order valence-electron chi connectivity index (χ1n) is 14.8. The molecule has 1 N–H and O–H groups in total. The lowest BCUT2D eigenvalue weighted by atomic mass is 9.41. The lowest BCUT2D eigenvalue weighted by molar-refractivity contribution is -0.172. The standard InChI is InChI=1S/C33H48N2O/c1-6-9-11-25-21-34-35(22-25)23-32(5,36)30-13-10-12-28-26-17-19-33(8-3)20-24(7-2)14-15-29(33)27(26)16-18-31(28,30)4/h6,8,21-22,24,26-30,36H,1,3,7,10,12-20,23H2,2,4-5H3/t24-,26+,27?,28?,29+,30-,31-,32-,33+/m0/s1. The Morgan fingerprint density at radius 3 is 2.67 bits per heavy atom. The number of rotatable bonds is 5. The molecule has 1 aromatic rings. The molecular weight excluding hydrogens is 440 g/mol. The second kappa shape index (κ2) is 9.83. The van der Waals surface area contributed by atoms with Crippen LogP contribution >= 0.6 is 0 Å². The Balaban J connectivity index is 1.36. The molecule has 3 nitrogen and oxygen atoms in total. The maximum absolute atomic E-state index is 12.0. The Kier molecular flexibility index (Phi) is 7.05. The van der Waals surface area contributed by atoms with E-state index in [9.17, 15) is 5.11 Å². The Bertz CT molecular complexity index is 1030. The van der Waals surface area contributed by atoms with Crippen LogP contribution in [0.4, 0.5) is 0 Å². The second-order valence-electron chi connectivity index (χ2n) is 13.4. The lowest BCUT2D eigenvalue weighted by Crippen LogP contribution is -2.59. The summed E-state index contributed by atoms with van der Waals surface area (Å²) < 4.78 is 1.90. The first-order valence-corrected chi connectivity index (χ1v) is 14.8. The Hall–Kier alpha value is -1.79. The number of aromatic nitrogens is 2. The molecule has 1 aromatic heterocycles. The van der Waals surface area contributed by atoms with Crippen molar-refractivity contribution in [2.45, 2.75) is 104 Å². The number of fused-ring (bicyclic) bond motifs is 5. The van der Waals surface area contributed by atoms with Crippen molar-refractivity contribution in [1.82, 2.24) is 9.78 Å². The highest BCUT2D eigenvalue weighted by Gasteiger charge is 2.60. The van der Waals surface area contributed by atoms with Gasteiger partial charge >= 0.3 is 0 Å². The fourth-order valence-corrected chi connectivity index (χ4v) is 10.1. The third kappa shape index (κ3) is 4.32. The summed E-state index contributed by atoms with van der Waals surface area (Å²) in [6, 6.07) is 0. The minimum absolute atomic E-state index is 0.205. The van der Waals surface area contributed by atoms with E-state index >= 15 is 0 Å². The van der Waals surface area contributed by atoms with Gasteiger partial charge in [-0.3, -0.25) is 4.68 Å². The Labute approximate surface area is 219 Å². The molecule has 0 saturated heterocycles. The zero-order valence-corrected chi connectivity index (χ0v) is 23.0. The summed E-state index contributed by atoms with van der Waals surface area (Å²) in [7, 11) is 0. The zero-order chi connectivity index (χ0) is 25.6. The number of nitrogens with zero attached hydrogens (tertiary/aromatic N) is 2. The van der Waals surface area contributed by atoms with E-state index in [1.165, 1.54) is 64.2 Å². The molecule has 2 unspecified atom stereocenters. The van der Waals surface area contributed by atoms with Gasteiger partial charge in [-0.25, -0.2) is 0 Å². The normalized spacial score (nSPS) is 41.4. The van der Waals surface area contributed by atoms with Crippen LogP contribution in [0.15, 0.2) is 37.7 Å². The predicted molar refractivity (Wildman–Crippen MR) is 148 cm³/mol. The van der Waals surface area contributed by atoms with Crippen molar-refractivity contribution in [1.29, 1.82) is 0 Å². The van der Waals surface area contributed by atoms with Crippen LogP contribution in [0.2, 0.25) is 0 Å². The van der Waals surface area contributed by atoms with E-state index in [4.69, 9.17) is 0 Å². The van der Waals surface area contributed by atoms with Gasteiger partial charge in [0.15, 0.2) is 0 Å². The van der Waals surface area contributed by atoms with Gasteiger partial charge in [-0.1, -0.05) is 57.6 Å². The van der Waals surface area contributed by atoms with Crippen LogP contribution in [0.25, 0.3) is 0 Å².